The van der Waals surface area contributed by atoms with Gasteiger partial charge in [-0.25, -0.2) is 4.79 Å². The molecule has 2 unspecified atom stereocenters. The lowest BCUT2D eigenvalue weighted by Gasteiger charge is -2.29. The Labute approximate surface area is 145 Å². The third-order valence-electron chi connectivity index (χ3n) is 4.02. The van der Waals surface area contributed by atoms with Crippen LogP contribution in [0.1, 0.15) is 45.6 Å². The zero-order chi connectivity index (χ0) is 17.6. The van der Waals surface area contributed by atoms with Crippen LogP contribution in [-0.2, 0) is 16.1 Å². The van der Waals surface area contributed by atoms with Crippen LogP contribution in [0.2, 0.25) is 0 Å². The van der Waals surface area contributed by atoms with E-state index < -0.39 is 5.60 Å². The predicted octanol–water partition coefficient (Wildman–Crippen LogP) is 3.32. The van der Waals surface area contributed by atoms with Gasteiger partial charge in [-0.1, -0.05) is 30.3 Å². The number of nitrogens with two attached hydrogens (primary N) is 1. The zero-order valence-electron chi connectivity index (χ0n) is 15.0. The number of benzene rings is 1. The summed E-state index contributed by atoms with van der Waals surface area (Å²) in [6.45, 7) is 7.47. The van der Waals surface area contributed by atoms with Crippen LogP contribution in [0.3, 0.4) is 0 Å². The van der Waals surface area contributed by atoms with Crippen molar-refractivity contribution in [3.63, 3.8) is 0 Å². The standard InChI is InChI=1S/C19H30N2O3/c1-19(2,3)24-18(22)21-11-7-10-17(21)12-16(20)14-23-13-15-8-5-4-6-9-15/h4-6,8-9,16-17H,7,10-14,20H2,1-3H3. The molecular weight excluding hydrogens is 304 g/mol. The highest BCUT2D eigenvalue weighted by molar-refractivity contribution is 5.68. The van der Waals surface area contributed by atoms with Gasteiger partial charge in [0.2, 0.25) is 0 Å². The maximum absolute atomic E-state index is 12.3. The van der Waals surface area contributed by atoms with Gasteiger partial charge in [0.1, 0.15) is 5.60 Å². The molecule has 134 valence electrons. The first-order valence-corrected chi connectivity index (χ1v) is 8.72. The smallest absolute Gasteiger partial charge is 0.410 e. The SMILES string of the molecule is CC(C)(C)OC(=O)N1CCCC1CC(N)COCc1ccccc1. The first-order chi connectivity index (χ1) is 11.3. The first-order valence-electron chi connectivity index (χ1n) is 8.72. The van der Waals surface area contributed by atoms with E-state index in [1.165, 1.54) is 0 Å². The topological polar surface area (TPSA) is 64.8 Å². The van der Waals surface area contributed by atoms with Crippen LogP contribution in [0.25, 0.3) is 0 Å². The second kappa shape index (κ2) is 8.49. The molecule has 0 aliphatic carbocycles. The maximum atomic E-state index is 12.3. The number of rotatable bonds is 6. The molecule has 5 nitrogen and oxygen atoms in total. The molecule has 0 bridgehead atoms. The molecule has 2 atom stereocenters. The van der Waals surface area contributed by atoms with Gasteiger partial charge in [0, 0.05) is 18.6 Å². The molecule has 24 heavy (non-hydrogen) atoms. The Morgan fingerprint density at radius 1 is 1.33 bits per heavy atom. The normalized spacial score (nSPS) is 19.3. The van der Waals surface area contributed by atoms with Gasteiger partial charge in [0.05, 0.1) is 13.2 Å². The Morgan fingerprint density at radius 3 is 2.71 bits per heavy atom. The molecule has 1 amide bonds. The van der Waals surface area contributed by atoms with Crippen LogP contribution < -0.4 is 5.73 Å². The minimum absolute atomic E-state index is 0.0817. The molecule has 0 spiro atoms. The van der Waals surface area contributed by atoms with Gasteiger partial charge in [-0.05, 0) is 45.6 Å². The molecule has 1 aliphatic heterocycles. The van der Waals surface area contributed by atoms with Crippen LogP contribution in [0.5, 0.6) is 0 Å². The summed E-state index contributed by atoms with van der Waals surface area (Å²) in [4.78, 5) is 14.1. The molecule has 0 radical (unpaired) electrons. The Bertz CT molecular complexity index is 513. The van der Waals surface area contributed by atoms with Crippen molar-refractivity contribution >= 4 is 6.09 Å². The van der Waals surface area contributed by atoms with Crippen molar-refractivity contribution in [3.05, 3.63) is 35.9 Å². The minimum Gasteiger partial charge on any atom is -0.444 e. The van der Waals surface area contributed by atoms with Crippen LogP contribution in [0.4, 0.5) is 4.79 Å². The number of hydrogen-bond acceptors (Lipinski definition) is 4. The average Bonchev–Trinajstić information content (AvgIpc) is 2.95. The van der Waals surface area contributed by atoms with E-state index in [2.05, 4.69) is 0 Å². The van der Waals surface area contributed by atoms with E-state index in [-0.39, 0.29) is 18.2 Å². The van der Waals surface area contributed by atoms with Gasteiger partial charge < -0.3 is 20.1 Å². The third kappa shape index (κ3) is 6.13. The summed E-state index contributed by atoms with van der Waals surface area (Å²) in [6, 6.07) is 10.1. The van der Waals surface area contributed by atoms with Gasteiger partial charge in [-0.2, -0.15) is 0 Å². The number of amides is 1. The van der Waals surface area contributed by atoms with Crippen LogP contribution in [0.15, 0.2) is 30.3 Å². The predicted molar refractivity (Wildman–Crippen MR) is 94.7 cm³/mol. The van der Waals surface area contributed by atoms with Crippen LogP contribution >= 0.6 is 0 Å². The van der Waals surface area contributed by atoms with Crippen LogP contribution in [0, 0.1) is 0 Å². The summed E-state index contributed by atoms with van der Waals surface area (Å²) in [7, 11) is 0. The van der Waals surface area contributed by atoms with Gasteiger partial charge in [-0.3, -0.25) is 0 Å². The second-order valence-corrected chi connectivity index (χ2v) is 7.47. The number of likely N-dealkylation sites (tertiary alicyclic amines) is 1. The Kier molecular flexibility index (Phi) is 6.63. The lowest BCUT2D eigenvalue weighted by molar-refractivity contribution is 0.0202. The van der Waals surface area contributed by atoms with Gasteiger partial charge >= 0.3 is 6.09 Å². The fourth-order valence-electron chi connectivity index (χ4n) is 2.96. The Balaban J connectivity index is 1.75. The molecule has 0 aromatic heterocycles. The lowest BCUT2D eigenvalue weighted by atomic mass is 10.1. The van der Waals surface area contributed by atoms with E-state index in [0.717, 1.165) is 31.4 Å². The number of hydrogen-bond donors (Lipinski definition) is 1. The number of nitrogens with zero attached hydrogens (tertiary/aromatic N) is 1. The van der Waals surface area contributed by atoms with Crippen LogP contribution in [-0.4, -0.2) is 41.8 Å². The molecule has 2 rings (SSSR count). The van der Waals surface area contributed by atoms with Gasteiger partial charge in [0.25, 0.3) is 0 Å². The van der Waals surface area contributed by atoms with E-state index in [9.17, 15) is 4.79 Å². The number of carbonyl (C=O) groups excluding carboxylic acids is 1. The Hall–Kier alpha value is -1.59. The first kappa shape index (κ1) is 18.7. The second-order valence-electron chi connectivity index (χ2n) is 7.47. The van der Waals surface area contributed by atoms with Crippen molar-refractivity contribution in [2.75, 3.05) is 13.2 Å². The van der Waals surface area contributed by atoms with E-state index in [0.29, 0.717) is 13.2 Å². The molecule has 1 aromatic rings. The van der Waals surface area contributed by atoms with Crippen molar-refractivity contribution in [3.8, 4) is 0 Å². The number of ether oxygens (including phenoxy) is 2. The summed E-state index contributed by atoms with van der Waals surface area (Å²) in [5.74, 6) is 0. The summed E-state index contributed by atoms with van der Waals surface area (Å²) in [5.41, 5.74) is 6.88. The summed E-state index contributed by atoms with van der Waals surface area (Å²) in [6.07, 6.45) is 2.49. The zero-order valence-corrected chi connectivity index (χ0v) is 15.0. The largest absolute Gasteiger partial charge is 0.444 e. The van der Waals surface area contributed by atoms with Crippen molar-refractivity contribution in [2.45, 2.75) is 64.3 Å². The highest BCUT2D eigenvalue weighted by Crippen LogP contribution is 2.23. The fourth-order valence-corrected chi connectivity index (χ4v) is 2.96. The highest BCUT2D eigenvalue weighted by atomic mass is 16.6. The highest BCUT2D eigenvalue weighted by Gasteiger charge is 2.32. The van der Waals surface area contributed by atoms with E-state index in [1.54, 1.807) is 0 Å². The molecule has 2 N–H and O–H groups in total. The maximum Gasteiger partial charge on any atom is 0.410 e. The van der Waals surface area contributed by atoms with Crippen molar-refractivity contribution in [1.82, 2.24) is 4.90 Å². The summed E-state index contributed by atoms with van der Waals surface area (Å²) < 4.78 is 11.2. The summed E-state index contributed by atoms with van der Waals surface area (Å²) in [5, 5.41) is 0. The van der Waals surface area contributed by atoms with Crippen molar-refractivity contribution in [2.24, 2.45) is 5.73 Å². The minimum atomic E-state index is -0.467. The number of carbonyl (C=O) groups is 1. The molecule has 0 saturated carbocycles. The monoisotopic (exact) mass is 334 g/mol. The summed E-state index contributed by atoms with van der Waals surface area (Å²) >= 11 is 0. The fraction of sp³-hybridized carbons (Fsp3) is 0.632. The molecular formula is C19H30N2O3. The molecule has 1 saturated heterocycles. The van der Waals surface area contributed by atoms with E-state index in [1.807, 2.05) is 56.0 Å². The van der Waals surface area contributed by atoms with Crippen molar-refractivity contribution < 1.29 is 14.3 Å². The molecule has 1 heterocycles. The average molecular weight is 334 g/mol. The van der Waals surface area contributed by atoms with E-state index in [4.69, 9.17) is 15.2 Å². The van der Waals surface area contributed by atoms with Gasteiger partial charge in [0.15, 0.2) is 0 Å². The molecule has 1 aromatic carbocycles. The van der Waals surface area contributed by atoms with Crippen molar-refractivity contribution in [1.29, 1.82) is 0 Å². The molecule has 5 heteroatoms. The lowest BCUT2D eigenvalue weighted by Crippen LogP contribution is -2.43. The van der Waals surface area contributed by atoms with Gasteiger partial charge in [-0.15, -0.1) is 0 Å². The molecule has 1 aliphatic rings. The third-order valence-corrected chi connectivity index (χ3v) is 4.02. The van der Waals surface area contributed by atoms with E-state index >= 15 is 0 Å². The molecule has 1 fully saturated rings. The Morgan fingerprint density at radius 2 is 2.04 bits per heavy atom. The quantitative estimate of drug-likeness (QED) is 0.867.